The second-order valence-electron chi connectivity index (χ2n) is 5.47. The van der Waals surface area contributed by atoms with Crippen LogP contribution in [0.5, 0.6) is 11.5 Å². The fraction of sp³-hybridized carbons (Fsp3) is 0.312. The minimum Gasteiger partial charge on any atom is -0.504 e. The monoisotopic (exact) mass is 315 g/mol. The van der Waals surface area contributed by atoms with Gasteiger partial charge in [0, 0.05) is 24.8 Å². The molecule has 0 unspecified atom stereocenters. The van der Waals surface area contributed by atoms with E-state index in [4.69, 9.17) is 4.74 Å². The third-order valence-electron chi connectivity index (χ3n) is 3.82. The van der Waals surface area contributed by atoms with E-state index in [1.54, 1.807) is 30.5 Å². The van der Waals surface area contributed by atoms with Crippen molar-refractivity contribution in [2.75, 3.05) is 12.0 Å². The number of nitro groups is 1. The Kier molecular flexibility index (Phi) is 4.01. The Morgan fingerprint density at radius 3 is 2.87 bits per heavy atom. The number of anilines is 1. The van der Waals surface area contributed by atoms with E-state index in [2.05, 4.69) is 4.98 Å². The molecule has 1 fully saturated rings. The molecule has 120 valence electrons. The molecule has 0 spiro atoms. The molecule has 1 aliphatic rings. The Morgan fingerprint density at radius 1 is 1.43 bits per heavy atom. The van der Waals surface area contributed by atoms with Gasteiger partial charge in [-0.15, -0.1) is 0 Å². The topological polar surface area (TPSA) is 88.7 Å². The van der Waals surface area contributed by atoms with Crippen molar-refractivity contribution in [2.24, 2.45) is 0 Å². The zero-order valence-corrected chi connectivity index (χ0v) is 12.7. The molecule has 2 aromatic rings. The summed E-state index contributed by atoms with van der Waals surface area (Å²) in [5, 5.41) is 20.9. The average Bonchev–Trinajstić information content (AvgIpc) is 3.38. The standard InChI is InChI=1S/C16H17N3O4/c1-23-15-9-11(4-7-14(15)20)10-18(12-5-6-12)16-13(19(21)22)3-2-8-17-16/h2-4,7-9,12,20H,5-6,10H2,1H3. The first-order valence-corrected chi connectivity index (χ1v) is 7.32. The molecule has 3 rings (SSSR count). The number of hydrogen-bond acceptors (Lipinski definition) is 6. The number of rotatable bonds is 6. The van der Waals surface area contributed by atoms with Crippen molar-refractivity contribution in [3.63, 3.8) is 0 Å². The van der Waals surface area contributed by atoms with E-state index >= 15 is 0 Å². The number of aromatic nitrogens is 1. The lowest BCUT2D eigenvalue weighted by molar-refractivity contribution is -0.384. The largest absolute Gasteiger partial charge is 0.504 e. The molecule has 1 heterocycles. The van der Waals surface area contributed by atoms with Crippen LogP contribution >= 0.6 is 0 Å². The summed E-state index contributed by atoms with van der Waals surface area (Å²) in [6, 6.07) is 8.36. The van der Waals surface area contributed by atoms with Gasteiger partial charge in [0.1, 0.15) is 0 Å². The van der Waals surface area contributed by atoms with E-state index in [1.807, 2.05) is 4.90 Å². The fourth-order valence-corrected chi connectivity index (χ4v) is 2.53. The van der Waals surface area contributed by atoms with Crippen molar-refractivity contribution in [1.82, 2.24) is 4.98 Å². The van der Waals surface area contributed by atoms with Gasteiger partial charge in [-0.25, -0.2) is 4.98 Å². The van der Waals surface area contributed by atoms with Crippen LogP contribution in [0.2, 0.25) is 0 Å². The molecule has 1 aromatic heterocycles. The molecule has 1 N–H and O–H groups in total. The number of phenolic OH excluding ortho intramolecular Hbond substituents is 1. The SMILES string of the molecule is COc1cc(CN(c2ncccc2[N+](=O)[O-])C2CC2)ccc1O. The van der Waals surface area contributed by atoms with Crippen LogP contribution in [0.4, 0.5) is 11.5 Å². The van der Waals surface area contributed by atoms with Crippen molar-refractivity contribution in [3.8, 4) is 11.5 Å². The minimum absolute atomic E-state index is 0.00476. The molecule has 23 heavy (non-hydrogen) atoms. The van der Waals surface area contributed by atoms with Crippen LogP contribution in [-0.4, -0.2) is 28.2 Å². The number of pyridine rings is 1. The predicted octanol–water partition coefficient (Wildman–Crippen LogP) is 2.87. The average molecular weight is 315 g/mol. The van der Waals surface area contributed by atoms with E-state index in [1.165, 1.54) is 13.2 Å². The van der Waals surface area contributed by atoms with Crippen LogP contribution in [0.1, 0.15) is 18.4 Å². The Morgan fingerprint density at radius 2 is 2.22 bits per heavy atom. The minimum atomic E-state index is -0.408. The summed E-state index contributed by atoms with van der Waals surface area (Å²) in [5.74, 6) is 0.832. The van der Waals surface area contributed by atoms with Gasteiger partial charge >= 0.3 is 5.69 Å². The van der Waals surface area contributed by atoms with Crippen molar-refractivity contribution >= 4 is 11.5 Å². The highest BCUT2D eigenvalue weighted by molar-refractivity contribution is 5.59. The van der Waals surface area contributed by atoms with Gasteiger partial charge in [-0.1, -0.05) is 6.07 Å². The molecule has 0 atom stereocenters. The van der Waals surface area contributed by atoms with Crippen LogP contribution in [0.25, 0.3) is 0 Å². The van der Waals surface area contributed by atoms with Gasteiger partial charge in [-0.3, -0.25) is 10.1 Å². The molecule has 7 nitrogen and oxygen atoms in total. The van der Waals surface area contributed by atoms with Crippen LogP contribution in [0.3, 0.4) is 0 Å². The highest BCUT2D eigenvalue weighted by atomic mass is 16.6. The maximum atomic E-state index is 11.3. The molecule has 0 saturated heterocycles. The Labute approximate surface area is 133 Å². The van der Waals surface area contributed by atoms with Gasteiger partial charge in [-0.05, 0) is 36.6 Å². The van der Waals surface area contributed by atoms with Gasteiger partial charge < -0.3 is 14.7 Å². The summed E-state index contributed by atoms with van der Waals surface area (Å²) in [6.07, 6.45) is 3.54. The zero-order valence-electron chi connectivity index (χ0n) is 12.7. The lowest BCUT2D eigenvalue weighted by Gasteiger charge is -2.23. The van der Waals surface area contributed by atoms with Gasteiger partial charge in [0.25, 0.3) is 0 Å². The third kappa shape index (κ3) is 3.18. The number of nitrogens with zero attached hydrogens (tertiary/aromatic N) is 3. The number of benzene rings is 1. The van der Waals surface area contributed by atoms with Crippen LogP contribution in [-0.2, 0) is 6.54 Å². The van der Waals surface area contributed by atoms with E-state index < -0.39 is 4.92 Å². The molecule has 1 saturated carbocycles. The first-order chi connectivity index (χ1) is 11.1. The Balaban J connectivity index is 1.93. The molecule has 0 radical (unpaired) electrons. The van der Waals surface area contributed by atoms with E-state index in [-0.39, 0.29) is 17.5 Å². The normalized spacial score (nSPS) is 13.6. The number of aromatic hydroxyl groups is 1. The van der Waals surface area contributed by atoms with Gasteiger partial charge in [0.05, 0.1) is 12.0 Å². The Hall–Kier alpha value is -2.83. The lowest BCUT2D eigenvalue weighted by Crippen LogP contribution is -2.26. The number of ether oxygens (including phenoxy) is 1. The number of methoxy groups -OCH3 is 1. The smallest absolute Gasteiger partial charge is 0.311 e. The van der Waals surface area contributed by atoms with Gasteiger partial charge in [-0.2, -0.15) is 0 Å². The fourth-order valence-electron chi connectivity index (χ4n) is 2.53. The Bertz CT molecular complexity index is 731. The molecule has 7 heteroatoms. The van der Waals surface area contributed by atoms with Crippen molar-refractivity contribution in [1.29, 1.82) is 0 Å². The zero-order chi connectivity index (χ0) is 16.4. The van der Waals surface area contributed by atoms with Crippen LogP contribution < -0.4 is 9.64 Å². The maximum Gasteiger partial charge on any atom is 0.311 e. The first-order valence-electron chi connectivity index (χ1n) is 7.32. The maximum absolute atomic E-state index is 11.3. The molecular weight excluding hydrogens is 298 g/mol. The van der Waals surface area contributed by atoms with E-state index in [0.717, 1.165) is 18.4 Å². The van der Waals surface area contributed by atoms with E-state index in [9.17, 15) is 15.2 Å². The van der Waals surface area contributed by atoms with Crippen molar-refractivity contribution < 1.29 is 14.8 Å². The first kappa shape index (κ1) is 15.1. The van der Waals surface area contributed by atoms with Crippen LogP contribution in [0.15, 0.2) is 36.5 Å². The summed E-state index contributed by atoms with van der Waals surface area (Å²) >= 11 is 0. The summed E-state index contributed by atoms with van der Waals surface area (Å²) in [7, 11) is 1.49. The van der Waals surface area contributed by atoms with Gasteiger partial charge in [0.15, 0.2) is 11.5 Å². The van der Waals surface area contributed by atoms with Crippen molar-refractivity contribution in [2.45, 2.75) is 25.4 Å². The summed E-state index contributed by atoms with van der Waals surface area (Å²) in [4.78, 5) is 17.0. The number of phenols is 1. The van der Waals surface area contributed by atoms with Crippen LogP contribution in [0, 0.1) is 10.1 Å². The van der Waals surface area contributed by atoms with Gasteiger partial charge in [0.2, 0.25) is 5.82 Å². The molecule has 1 aromatic carbocycles. The molecular formula is C16H17N3O4. The molecule has 0 aliphatic heterocycles. The highest BCUT2D eigenvalue weighted by Gasteiger charge is 2.34. The predicted molar refractivity (Wildman–Crippen MR) is 84.8 cm³/mol. The summed E-state index contributed by atoms with van der Waals surface area (Å²) in [5.41, 5.74) is 0.900. The van der Waals surface area contributed by atoms with Crippen molar-refractivity contribution in [3.05, 3.63) is 52.2 Å². The summed E-state index contributed by atoms with van der Waals surface area (Å²) < 4.78 is 5.12. The van der Waals surface area contributed by atoms with E-state index in [0.29, 0.717) is 18.1 Å². The quantitative estimate of drug-likeness (QED) is 0.651. The number of hydrogen-bond donors (Lipinski definition) is 1. The molecule has 0 bridgehead atoms. The second-order valence-corrected chi connectivity index (χ2v) is 5.47. The highest BCUT2D eigenvalue weighted by Crippen LogP contribution is 2.37. The molecule has 0 amide bonds. The summed E-state index contributed by atoms with van der Waals surface area (Å²) in [6.45, 7) is 0.471. The second kappa shape index (κ2) is 6.12. The third-order valence-corrected chi connectivity index (χ3v) is 3.82. The molecule has 1 aliphatic carbocycles. The lowest BCUT2D eigenvalue weighted by atomic mass is 10.1.